The number of ether oxygens (including phenoxy) is 1. The first-order valence-electron chi connectivity index (χ1n) is 11.4. The van der Waals surface area contributed by atoms with E-state index in [9.17, 15) is 41.4 Å². The second kappa shape index (κ2) is 11.0. The minimum Gasteiger partial charge on any atom is -0.403 e. The van der Waals surface area contributed by atoms with Crippen LogP contribution in [0.2, 0.25) is 5.02 Å². The molecule has 2 heterocycles. The Bertz CT molecular complexity index is 1540. The van der Waals surface area contributed by atoms with Crippen molar-refractivity contribution in [2.75, 3.05) is 0 Å². The summed E-state index contributed by atoms with van der Waals surface area (Å²) in [6.07, 6.45) is -13.0. The molecule has 0 saturated carbocycles. The van der Waals surface area contributed by atoms with Crippen molar-refractivity contribution in [3.05, 3.63) is 81.9 Å². The molecule has 4 aromatic rings. The van der Waals surface area contributed by atoms with Gasteiger partial charge in [0.15, 0.2) is 23.5 Å². The third-order valence-electron chi connectivity index (χ3n) is 5.60. The van der Waals surface area contributed by atoms with Crippen molar-refractivity contribution in [1.82, 2.24) is 23.9 Å². The number of imidazole rings is 1. The summed E-state index contributed by atoms with van der Waals surface area (Å²) in [6.45, 7) is -0.267. The van der Waals surface area contributed by atoms with Crippen LogP contribution in [-0.4, -0.2) is 52.8 Å². The molecule has 2 aromatic carbocycles. The van der Waals surface area contributed by atoms with E-state index in [4.69, 9.17) is 11.6 Å². The molecular formula is C24H20ClF6N5O4. The van der Waals surface area contributed by atoms with Crippen molar-refractivity contribution in [1.29, 1.82) is 0 Å². The fraction of sp³-hybridized carbons (Fsp3) is 0.292. The first kappa shape index (κ1) is 29.2. The van der Waals surface area contributed by atoms with Gasteiger partial charge in [0.05, 0.1) is 18.8 Å². The van der Waals surface area contributed by atoms with E-state index >= 15 is 0 Å². The fourth-order valence-electron chi connectivity index (χ4n) is 3.83. The Balaban J connectivity index is 1.78. The SMILES string of the molecule is C[C@H](O)c1nc(Cn2cc(-c3ccc(Cl)cc3)n(CC(O)C(F)(F)F)c2=O)nn1-c1ccccc1OC(F)(F)F. The van der Waals surface area contributed by atoms with Gasteiger partial charge in [0.1, 0.15) is 11.8 Å². The normalized spacial score (nSPS) is 13.8. The highest BCUT2D eigenvalue weighted by Crippen LogP contribution is 2.30. The largest absolute Gasteiger partial charge is 0.573 e. The smallest absolute Gasteiger partial charge is 0.403 e. The Kier molecular flexibility index (Phi) is 8.01. The van der Waals surface area contributed by atoms with Crippen LogP contribution in [0.1, 0.15) is 24.7 Å². The van der Waals surface area contributed by atoms with Gasteiger partial charge in [-0.2, -0.15) is 13.2 Å². The Morgan fingerprint density at radius 1 is 1.02 bits per heavy atom. The van der Waals surface area contributed by atoms with Gasteiger partial charge >= 0.3 is 18.2 Å². The highest BCUT2D eigenvalue weighted by atomic mass is 35.5. The number of benzene rings is 2. The molecule has 0 saturated heterocycles. The van der Waals surface area contributed by atoms with Gasteiger partial charge in [-0.15, -0.1) is 18.3 Å². The number of aromatic nitrogens is 5. The van der Waals surface area contributed by atoms with Crippen LogP contribution in [0.15, 0.2) is 59.5 Å². The van der Waals surface area contributed by atoms with Crippen molar-refractivity contribution >= 4 is 11.6 Å². The number of rotatable bonds is 8. The molecule has 2 N–H and O–H groups in total. The maximum absolute atomic E-state index is 13.2. The van der Waals surface area contributed by atoms with E-state index in [-0.39, 0.29) is 23.0 Å². The summed E-state index contributed by atoms with van der Waals surface area (Å²) in [5.74, 6) is -0.982. The molecule has 0 amide bonds. The minimum absolute atomic E-state index is 0.0177. The van der Waals surface area contributed by atoms with E-state index in [1.54, 1.807) is 0 Å². The summed E-state index contributed by atoms with van der Waals surface area (Å²) >= 11 is 5.89. The summed E-state index contributed by atoms with van der Waals surface area (Å²) in [7, 11) is 0. The zero-order valence-electron chi connectivity index (χ0n) is 20.4. The molecule has 0 fully saturated rings. The van der Waals surface area contributed by atoms with E-state index in [2.05, 4.69) is 14.8 Å². The van der Waals surface area contributed by atoms with E-state index < -0.39 is 49.3 Å². The van der Waals surface area contributed by atoms with Crippen LogP contribution < -0.4 is 10.4 Å². The van der Waals surface area contributed by atoms with Crippen LogP contribution in [0.5, 0.6) is 5.75 Å². The first-order valence-corrected chi connectivity index (χ1v) is 11.8. The van der Waals surface area contributed by atoms with Crippen LogP contribution in [0, 0.1) is 0 Å². The molecule has 214 valence electrons. The van der Waals surface area contributed by atoms with E-state index in [1.807, 2.05) is 0 Å². The van der Waals surface area contributed by atoms with Crippen LogP contribution in [0.4, 0.5) is 26.3 Å². The van der Waals surface area contributed by atoms with Gasteiger partial charge in [-0.3, -0.25) is 9.13 Å². The van der Waals surface area contributed by atoms with Crippen molar-refractivity contribution in [2.45, 2.75) is 44.8 Å². The second-order valence-electron chi connectivity index (χ2n) is 8.59. The number of aliphatic hydroxyl groups excluding tert-OH is 2. The lowest BCUT2D eigenvalue weighted by molar-refractivity contribution is -0.274. The molecule has 0 spiro atoms. The number of hydrogen-bond donors (Lipinski definition) is 2. The first-order chi connectivity index (χ1) is 18.6. The van der Waals surface area contributed by atoms with E-state index in [0.717, 1.165) is 19.9 Å². The predicted octanol–water partition coefficient (Wildman–Crippen LogP) is 4.47. The van der Waals surface area contributed by atoms with Gasteiger partial charge in [0, 0.05) is 11.2 Å². The molecule has 2 aromatic heterocycles. The Morgan fingerprint density at radius 2 is 1.68 bits per heavy atom. The summed E-state index contributed by atoms with van der Waals surface area (Å²) < 4.78 is 84.8. The lowest BCUT2D eigenvalue weighted by atomic mass is 10.1. The molecular weight excluding hydrogens is 572 g/mol. The molecule has 0 aliphatic rings. The highest BCUT2D eigenvalue weighted by molar-refractivity contribution is 6.30. The Morgan fingerprint density at radius 3 is 2.27 bits per heavy atom. The lowest BCUT2D eigenvalue weighted by Gasteiger charge is -2.16. The molecule has 16 heteroatoms. The summed E-state index contributed by atoms with van der Waals surface area (Å²) in [5.41, 5.74) is -0.835. The zero-order chi connectivity index (χ0) is 29.4. The Labute approximate surface area is 226 Å². The molecule has 0 bridgehead atoms. The van der Waals surface area contributed by atoms with Gasteiger partial charge in [0.2, 0.25) is 0 Å². The standard InChI is InChI=1S/C24H20ClF6N5O4/c1-13(37)21-32-20(33-36(21)16-4-2-3-5-18(16)40-24(29,30)31)12-34-10-17(14-6-8-15(25)9-7-14)35(22(34)39)11-19(38)23(26,27)28/h2-10,13,19,37-38H,11-12H2,1H3/t13-,19?/m0/s1. The van der Waals surface area contributed by atoms with Gasteiger partial charge in [-0.1, -0.05) is 35.9 Å². The average Bonchev–Trinajstić information content (AvgIpc) is 3.40. The number of aliphatic hydroxyl groups is 2. The van der Waals surface area contributed by atoms with Gasteiger partial charge in [-0.25, -0.2) is 14.5 Å². The number of para-hydroxylation sites is 2. The number of hydrogen-bond acceptors (Lipinski definition) is 6. The van der Waals surface area contributed by atoms with Gasteiger partial charge in [-0.05, 0) is 36.8 Å². The summed E-state index contributed by atoms with van der Waals surface area (Å²) in [6, 6.07) is 10.8. The third-order valence-corrected chi connectivity index (χ3v) is 5.85. The average molecular weight is 592 g/mol. The van der Waals surface area contributed by atoms with Crippen LogP contribution in [0.25, 0.3) is 16.9 Å². The summed E-state index contributed by atoms with van der Waals surface area (Å²) in [5, 5.41) is 24.3. The molecule has 2 atom stereocenters. The topological polar surface area (TPSA) is 107 Å². The van der Waals surface area contributed by atoms with Crippen LogP contribution >= 0.6 is 11.6 Å². The maximum Gasteiger partial charge on any atom is 0.573 e. The molecule has 40 heavy (non-hydrogen) atoms. The molecule has 0 radical (unpaired) electrons. The van der Waals surface area contributed by atoms with Crippen molar-refractivity contribution in [3.8, 4) is 22.7 Å². The van der Waals surface area contributed by atoms with Crippen molar-refractivity contribution in [3.63, 3.8) is 0 Å². The van der Waals surface area contributed by atoms with Gasteiger partial charge in [0.25, 0.3) is 0 Å². The molecule has 0 aliphatic carbocycles. The molecule has 4 rings (SSSR count). The lowest BCUT2D eigenvalue weighted by Crippen LogP contribution is -2.37. The molecule has 9 nitrogen and oxygen atoms in total. The van der Waals surface area contributed by atoms with E-state index in [1.165, 1.54) is 55.6 Å². The van der Waals surface area contributed by atoms with Crippen molar-refractivity contribution < 1.29 is 41.3 Å². The fourth-order valence-corrected chi connectivity index (χ4v) is 3.95. The predicted molar refractivity (Wildman–Crippen MR) is 129 cm³/mol. The van der Waals surface area contributed by atoms with Gasteiger partial charge < -0.3 is 14.9 Å². The van der Waals surface area contributed by atoms with E-state index in [0.29, 0.717) is 10.6 Å². The number of nitrogens with zero attached hydrogens (tertiary/aromatic N) is 5. The van der Waals surface area contributed by atoms with Crippen molar-refractivity contribution in [2.24, 2.45) is 0 Å². The zero-order valence-corrected chi connectivity index (χ0v) is 21.1. The quantitative estimate of drug-likeness (QED) is 0.293. The van der Waals surface area contributed by atoms with Crippen LogP contribution in [-0.2, 0) is 13.1 Å². The minimum atomic E-state index is -5.03. The molecule has 0 aliphatic heterocycles. The third kappa shape index (κ3) is 6.48. The number of halogens is 7. The summed E-state index contributed by atoms with van der Waals surface area (Å²) in [4.78, 5) is 17.3. The second-order valence-corrected chi connectivity index (χ2v) is 9.03. The van der Waals surface area contributed by atoms with Crippen LogP contribution in [0.3, 0.4) is 0 Å². The highest BCUT2D eigenvalue weighted by Gasteiger charge is 2.39. The monoisotopic (exact) mass is 591 g/mol. The maximum atomic E-state index is 13.2. The molecule has 1 unspecified atom stereocenters. The Hall–Kier alpha value is -3.82. The number of alkyl halides is 6.